The van der Waals surface area contributed by atoms with Crippen molar-refractivity contribution in [3.8, 4) is 0 Å². The van der Waals surface area contributed by atoms with E-state index in [9.17, 15) is 13.0 Å². The van der Waals surface area contributed by atoms with Crippen molar-refractivity contribution in [1.29, 1.82) is 0 Å². The van der Waals surface area contributed by atoms with E-state index in [1.54, 1.807) is 6.07 Å². The normalized spacial score (nSPS) is 12.0. The summed E-state index contributed by atoms with van der Waals surface area (Å²) in [5.41, 5.74) is 9.97. The molecule has 0 heterocycles. The average Bonchev–Trinajstić information content (AvgIpc) is 2.64. The minimum absolute atomic E-state index is 0.0991. The van der Waals surface area contributed by atoms with Crippen LogP contribution in [0.1, 0.15) is 50.7 Å². The maximum Gasteiger partial charge on any atom is 0.296 e. The summed E-state index contributed by atoms with van der Waals surface area (Å²) < 4.78 is 32.3. The molecule has 0 saturated heterocycles. The van der Waals surface area contributed by atoms with Crippen LogP contribution >= 0.6 is 0 Å². The molecule has 0 saturated carbocycles. The van der Waals surface area contributed by atoms with E-state index < -0.39 is 10.1 Å². The van der Waals surface area contributed by atoms with E-state index in [1.165, 1.54) is 18.2 Å². The largest absolute Gasteiger partial charge is 0.398 e. The van der Waals surface area contributed by atoms with E-state index in [0.717, 1.165) is 55.3 Å². The molecule has 0 aliphatic heterocycles. The molecule has 0 radical (unpaired) electrons. The lowest BCUT2D eigenvalue weighted by Crippen LogP contribution is -2.00. The van der Waals surface area contributed by atoms with Crippen molar-refractivity contribution in [2.45, 2.75) is 57.3 Å². The zero-order valence-electron chi connectivity index (χ0n) is 15.9. The van der Waals surface area contributed by atoms with Crippen LogP contribution in [0.4, 0.5) is 17.1 Å². The lowest BCUT2D eigenvalue weighted by atomic mass is 9.98. The monoisotopic (exact) mass is 389 g/mol. The molecule has 0 spiro atoms. The molecule has 2 aromatic carbocycles. The molecule has 0 amide bonds. The third-order valence-electron chi connectivity index (χ3n) is 4.35. The van der Waals surface area contributed by atoms with Crippen LogP contribution in [0.2, 0.25) is 0 Å². The van der Waals surface area contributed by atoms with Crippen molar-refractivity contribution in [3.05, 3.63) is 47.5 Å². The van der Waals surface area contributed by atoms with Crippen LogP contribution in [0.25, 0.3) is 0 Å². The van der Waals surface area contributed by atoms with Gasteiger partial charge in [-0.3, -0.25) is 4.55 Å². The fourth-order valence-corrected chi connectivity index (χ4v) is 3.46. The van der Waals surface area contributed by atoms with Crippen molar-refractivity contribution in [2.75, 3.05) is 5.73 Å². The second kappa shape index (κ2) is 9.62. The molecule has 7 heteroatoms. The van der Waals surface area contributed by atoms with Crippen LogP contribution < -0.4 is 5.73 Å². The fraction of sp³-hybridized carbons (Fsp3) is 0.400. The Bertz CT molecular complexity index is 879. The first-order chi connectivity index (χ1) is 12.9. The molecule has 146 valence electrons. The number of aryl methyl sites for hydroxylation is 2. The lowest BCUT2D eigenvalue weighted by molar-refractivity contribution is 0.483. The first-order valence-corrected chi connectivity index (χ1v) is 10.7. The Kier molecular flexibility index (Phi) is 7.50. The smallest absolute Gasteiger partial charge is 0.296 e. The highest BCUT2D eigenvalue weighted by Crippen LogP contribution is 2.30. The van der Waals surface area contributed by atoms with Crippen molar-refractivity contribution < 1.29 is 13.0 Å². The summed E-state index contributed by atoms with van der Waals surface area (Å²) >= 11 is 0. The van der Waals surface area contributed by atoms with Gasteiger partial charge in [0.25, 0.3) is 10.1 Å². The van der Waals surface area contributed by atoms with Gasteiger partial charge < -0.3 is 5.73 Å². The van der Waals surface area contributed by atoms with Crippen LogP contribution in [0.15, 0.2) is 51.5 Å². The molecule has 0 bridgehead atoms. The minimum atomic E-state index is -4.36. The number of unbranched alkanes of at least 4 members (excludes halogenated alkanes) is 2. The number of nitrogens with two attached hydrogens (primary N) is 1. The number of benzene rings is 2. The summed E-state index contributed by atoms with van der Waals surface area (Å²) in [7, 11) is -4.36. The van der Waals surface area contributed by atoms with Gasteiger partial charge in [0.2, 0.25) is 0 Å². The Morgan fingerprint density at radius 1 is 0.963 bits per heavy atom. The van der Waals surface area contributed by atoms with E-state index >= 15 is 0 Å². The van der Waals surface area contributed by atoms with Gasteiger partial charge in [-0.15, -0.1) is 5.11 Å². The molecular formula is C20H27N3O3S. The number of azo groups is 1. The van der Waals surface area contributed by atoms with Gasteiger partial charge in [-0.25, -0.2) is 0 Å². The Morgan fingerprint density at radius 3 is 2.04 bits per heavy atom. The Labute approximate surface area is 161 Å². The third-order valence-corrected chi connectivity index (χ3v) is 5.25. The number of hydrogen-bond acceptors (Lipinski definition) is 5. The Hall–Kier alpha value is -2.25. The number of nitrogens with zero attached hydrogens (tertiary/aromatic N) is 2. The summed E-state index contributed by atoms with van der Waals surface area (Å²) in [4.78, 5) is -0.262. The number of nitrogen functional groups attached to an aromatic ring is 1. The predicted molar refractivity (Wildman–Crippen MR) is 109 cm³/mol. The molecule has 2 aromatic rings. The quantitative estimate of drug-likeness (QED) is 0.330. The average molecular weight is 390 g/mol. The minimum Gasteiger partial charge on any atom is -0.398 e. The second-order valence-electron chi connectivity index (χ2n) is 6.53. The van der Waals surface area contributed by atoms with Gasteiger partial charge in [0.15, 0.2) is 0 Å². The van der Waals surface area contributed by atoms with E-state index in [2.05, 4.69) is 24.1 Å². The number of anilines is 1. The molecule has 27 heavy (non-hydrogen) atoms. The molecule has 0 fully saturated rings. The molecule has 2 rings (SSSR count). The van der Waals surface area contributed by atoms with Gasteiger partial charge in [0.1, 0.15) is 10.6 Å². The lowest BCUT2D eigenvalue weighted by Gasteiger charge is -2.12. The highest BCUT2D eigenvalue weighted by molar-refractivity contribution is 7.86. The van der Waals surface area contributed by atoms with Crippen LogP contribution in [-0.2, 0) is 23.0 Å². The zero-order chi connectivity index (χ0) is 19.9. The number of rotatable bonds is 9. The molecule has 0 aliphatic carbocycles. The molecule has 0 aliphatic rings. The van der Waals surface area contributed by atoms with Gasteiger partial charge in [-0.05, 0) is 61.1 Å². The Balaban J connectivity index is 2.42. The summed E-state index contributed by atoms with van der Waals surface area (Å²) in [5, 5.41) is 8.28. The summed E-state index contributed by atoms with van der Waals surface area (Å²) in [6.07, 6.45) is 5.93. The summed E-state index contributed by atoms with van der Waals surface area (Å²) in [6.45, 7) is 4.26. The predicted octanol–water partition coefficient (Wildman–Crippen LogP) is 5.62. The van der Waals surface area contributed by atoms with Crippen molar-refractivity contribution >= 4 is 27.2 Å². The first-order valence-electron chi connectivity index (χ1n) is 9.26. The van der Waals surface area contributed by atoms with E-state index in [1.807, 2.05) is 12.1 Å². The third kappa shape index (κ3) is 5.87. The maximum atomic E-state index is 11.5. The van der Waals surface area contributed by atoms with Crippen molar-refractivity contribution in [2.24, 2.45) is 10.2 Å². The molecule has 3 N–H and O–H groups in total. The SMILES string of the molecule is CCCCc1cc(N=Nc2ccccc2S(=O)(=O)O)cc(CCCC)c1N. The van der Waals surface area contributed by atoms with Gasteiger partial charge >= 0.3 is 0 Å². The standard InChI is InChI=1S/C20H27N3O3S/c1-3-5-9-15-13-17(14-16(20(15)21)10-6-4-2)22-23-18-11-7-8-12-19(18)27(24,25)26/h7-8,11-14H,3-6,9-10,21H2,1-2H3,(H,24,25,26). The van der Waals surface area contributed by atoms with Crippen molar-refractivity contribution in [1.82, 2.24) is 0 Å². The topological polar surface area (TPSA) is 105 Å². The molecule has 6 nitrogen and oxygen atoms in total. The van der Waals surface area contributed by atoms with E-state index in [4.69, 9.17) is 5.73 Å². The van der Waals surface area contributed by atoms with Crippen LogP contribution in [0, 0.1) is 0 Å². The molecule has 0 aromatic heterocycles. The molecule has 0 unspecified atom stereocenters. The van der Waals surface area contributed by atoms with Crippen molar-refractivity contribution in [3.63, 3.8) is 0 Å². The van der Waals surface area contributed by atoms with Crippen LogP contribution in [0.5, 0.6) is 0 Å². The van der Waals surface area contributed by atoms with E-state index in [-0.39, 0.29) is 10.6 Å². The van der Waals surface area contributed by atoms with Gasteiger partial charge in [0.05, 0.1) is 5.69 Å². The molecular weight excluding hydrogens is 362 g/mol. The fourth-order valence-electron chi connectivity index (χ4n) is 2.84. The second-order valence-corrected chi connectivity index (χ2v) is 7.92. The van der Waals surface area contributed by atoms with Crippen LogP contribution in [-0.4, -0.2) is 13.0 Å². The Morgan fingerprint density at radius 2 is 1.52 bits per heavy atom. The summed E-state index contributed by atoms with van der Waals surface area (Å²) in [6, 6.07) is 9.77. The van der Waals surface area contributed by atoms with Gasteiger partial charge in [-0.1, -0.05) is 38.8 Å². The summed E-state index contributed by atoms with van der Waals surface area (Å²) in [5.74, 6) is 0. The van der Waals surface area contributed by atoms with E-state index in [0.29, 0.717) is 5.69 Å². The first kappa shape index (κ1) is 21.1. The van der Waals surface area contributed by atoms with Gasteiger partial charge in [0, 0.05) is 5.69 Å². The highest BCUT2D eigenvalue weighted by Gasteiger charge is 2.14. The highest BCUT2D eigenvalue weighted by atomic mass is 32.2. The zero-order valence-corrected chi connectivity index (χ0v) is 16.7. The number of hydrogen-bond donors (Lipinski definition) is 2. The molecule has 0 atom stereocenters. The van der Waals surface area contributed by atoms with Crippen LogP contribution in [0.3, 0.4) is 0 Å². The van der Waals surface area contributed by atoms with Gasteiger partial charge in [-0.2, -0.15) is 13.5 Å². The maximum absolute atomic E-state index is 11.5.